The van der Waals surface area contributed by atoms with E-state index < -0.39 is 16.1 Å². The fourth-order valence-electron chi connectivity index (χ4n) is 2.46. The van der Waals surface area contributed by atoms with Crippen molar-refractivity contribution in [1.82, 2.24) is 9.62 Å². The Balaban J connectivity index is 2.22. The van der Waals surface area contributed by atoms with Crippen molar-refractivity contribution < 1.29 is 13.2 Å². The molecular weight excluding hydrogens is 324 g/mol. The minimum atomic E-state index is -3.51. The van der Waals surface area contributed by atoms with Crippen molar-refractivity contribution in [2.75, 3.05) is 13.3 Å². The molecule has 0 aromatic heterocycles. The molecule has 6 heteroatoms. The number of benzene rings is 2. The van der Waals surface area contributed by atoms with Gasteiger partial charge in [0.25, 0.3) is 0 Å². The second-order valence-corrected chi connectivity index (χ2v) is 7.84. The summed E-state index contributed by atoms with van der Waals surface area (Å²) in [6.45, 7) is 2.33. The first-order valence-corrected chi connectivity index (χ1v) is 9.45. The first-order chi connectivity index (χ1) is 11.3. The molecule has 0 saturated heterocycles. The van der Waals surface area contributed by atoms with Crippen molar-refractivity contribution in [2.45, 2.75) is 19.5 Å². The van der Waals surface area contributed by atoms with Gasteiger partial charge in [0.15, 0.2) is 0 Å². The molecule has 0 heterocycles. The Hall–Kier alpha value is -2.18. The molecule has 128 valence electrons. The zero-order valence-corrected chi connectivity index (χ0v) is 14.9. The van der Waals surface area contributed by atoms with Gasteiger partial charge in [-0.25, -0.2) is 8.42 Å². The highest BCUT2D eigenvalue weighted by atomic mass is 32.2. The predicted octanol–water partition coefficient (Wildman–Crippen LogP) is 2.24. The van der Waals surface area contributed by atoms with E-state index >= 15 is 0 Å². The van der Waals surface area contributed by atoms with Gasteiger partial charge in [-0.15, -0.1) is 0 Å². The van der Waals surface area contributed by atoms with Gasteiger partial charge in [-0.3, -0.25) is 4.79 Å². The van der Waals surface area contributed by atoms with E-state index in [0.29, 0.717) is 12.1 Å². The summed E-state index contributed by atoms with van der Waals surface area (Å²) in [5.74, 6) is -0.351. The summed E-state index contributed by atoms with van der Waals surface area (Å²) < 4.78 is 24.9. The second kappa shape index (κ2) is 7.59. The van der Waals surface area contributed by atoms with Gasteiger partial charge in [0.2, 0.25) is 15.9 Å². The fraction of sp³-hybridized carbons (Fsp3) is 0.278. The molecule has 0 radical (unpaired) electrons. The Kier molecular flexibility index (Phi) is 5.75. The smallest absolute Gasteiger partial charge is 0.243 e. The average molecular weight is 346 g/mol. The van der Waals surface area contributed by atoms with Gasteiger partial charge in [0, 0.05) is 13.6 Å². The third kappa shape index (κ3) is 4.66. The van der Waals surface area contributed by atoms with Crippen LogP contribution < -0.4 is 5.32 Å². The van der Waals surface area contributed by atoms with Crippen molar-refractivity contribution in [3.8, 4) is 0 Å². The molecule has 0 saturated carbocycles. The quantitative estimate of drug-likeness (QED) is 0.872. The lowest BCUT2D eigenvalue weighted by atomic mass is 10.1. The first kappa shape index (κ1) is 18.2. The van der Waals surface area contributed by atoms with E-state index in [1.807, 2.05) is 37.3 Å². The zero-order valence-electron chi connectivity index (χ0n) is 14.1. The van der Waals surface area contributed by atoms with E-state index in [0.717, 1.165) is 21.7 Å². The van der Waals surface area contributed by atoms with Crippen molar-refractivity contribution >= 4 is 15.9 Å². The van der Waals surface area contributed by atoms with E-state index in [9.17, 15) is 13.2 Å². The number of aryl methyl sites for hydroxylation is 1. The number of hydrogen-bond donors (Lipinski definition) is 1. The molecule has 1 N–H and O–H groups in total. The molecular formula is C18H22N2O3S. The largest absolute Gasteiger partial charge is 0.350 e. The van der Waals surface area contributed by atoms with Gasteiger partial charge >= 0.3 is 0 Å². The zero-order chi connectivity index (χ0) is 17.7. The molecule has 1 amide bonds. The third-order valence-corrected chi connectivity index (χ3v) is 5.06. The van der Waals surface area contributed by atoms with Crippen molar-refractivity contribution in [1.29, 1.82) is 0 Å². The van der Waals surface area contributed by atoms with Gasteiger partial charge in [-0.05, 0) is 18.1 Å². The lowest BCUT2D eigenvalue weighted by Gasteiger charge is -2.25. The highest BCUT2D eigenvalue weighted by Crippen LogP contribution is 2.22. The van der Waals surface area contributed by atoms with Crippen LogP contribution in [0.15, 0.2) is 54.6 Å². The second-order valence-electron chi connectivity index (χ2n) is 5.80. The van der Waals surface area contributed by atoms with Crippen molar-refractivity contribution in [3.63, 3.8) is 0 Å². The Labute approximate surface area is 143 Å². The molecule has 0 fully saturated rings. The van der Waals surface area contributed by atoms with Crippen LogP contribution in [0.25, 0.3) is 0 Å². The highest BCUT2D eigenvalue weighted by Gasteiger charge is 2.30. The third-order valence-electron chi connectivity index (χ3n) is 3.80. The number of likely N-dealkylation sites (N-methyl/N-ethyl adjacent to an activating group) is 1. The van der Waals surface area contributed by atoms with Crippen LogP contribution in [0.3, 0.4) is 0 Å². The average Bonchev–Trinajstić information content (AvgIpc) is 2.53. The topological polar surface area (TPSA) is 66.5 Å². The van der Waals surface area contributed by atoms with Gasteiger partial charge in [-0.2, -0.15) is 4.31 Å². The Morgan fingerprint density at radius 1 is 1.12 bits per heavy atom. The number of nitrogens with zero attached hydrogens (tertiary/aromatic N) is 1. The van der Waals surface area contributed by atoms with Crippen LogP contribution >= 0.6 is 0 Å². The summed E-state index contributed by atoms with van der Waals surface area (Å²) in [4.78, 5) is 12.7. The van der Waals surface area contributed by atoms with E-state index in [1.165, 1.54) is 7.05 Å². The summed E-state index contributed by atoms with van der Waals surface area (Å²) in [5, 5.41) is 2.83. The van der Waals surface area contributed by atoms with Crippen LogP contribution in [-0.4, -0.2) is 31.9 Å². The molecule has 24 heavy (non-hydrogen) atoms. The molecule has 5 nitrogen and oxygen atoms in total. The van der Waals surface area contributed by atoms with Crippen LogP contribution in [0.4, 0.5) is 0 Å². The number of sulfonamides is 1. The predicted molar refractivity (Wildman–Crippen MR) is 94.8 cm³/mol. The van der Waals surface area contributed by atoms with E-state index in [1.54, 1.807) is 24.3 Å². The number of rotatable bonds is 6. The molecule has 0 spiro atoms. The molecule has 0 aliphatic heterocycles. The van der Waals surface area contributed by atoms with Crippen LogP contribution in [0.5, 0.6) is 0 Å². The Morgan fingerprint density at radius 2 is 1.79 bits per heavy atom. The summed E-state index contributed by atoms with van der Waals surface area (Å²) >= 11 is 0. The number of nitrogens with one attached hydrogen (secondary N) is 1. The van der Waals surface area contributed by atoms with Crippen LogP contribution in [0.2, 0.25) is 0 Å². The van der Waals surface area contributed by atoms with Crippen molar-refractivity contribution in [3.05, 3.63) is 71.3 Å². The summed E-state index contributed by atoms with van der Waals surface area (Å²) in [7, 11) is -2.10. The monoisotopic (exact) mass is 346 g/mol. The maximum absolute atomic E-state index is 12.7. The molecule has 2 rings (SSSR count). The first-order valence-electron chi connectivity index (χ1n) is 7.60. The normalized spacial score (nSPS) is 12.8. The summed E-state index contributed by atoms with van der Waals surface area (Å²) in [5.41, 5.74) is 2.71. The van der Waals surface area contributed by atoms with Crippen LogP contribution in [0, 0.1) is 6.92 Å². The molecule has 2 aromatic carbocycles. The molecule has 0 aliphatic carbocycles. The number of hydrogen-bond acceptors (Lipinski definition) is 3. The Bertz CT molecular complexity index is 804. The minimum absolute atomic E-state index is 0.349. The Morgan fingerprint density at radius 3 is 2.38 bits per heavy atom. The number of carbonyl (C=O) groups excluding carboxylic acids is 1. The maximum atomic E-state index is 12.7. The van der Waals surface area contributed by atoms with Gasteiger partial charge in [0.1, 0.15) is 6.04 Å². The van der Waals surface area contributed by atoms with E-state index in [-0.39, 0.29) is 5.91 Å². The summed E-state index contributed by atoms with van der Waals surface area (Å²) in [6.07, 6.45) is 1.09. The van der Waals surface area contributed by atoms with Gasteiger partial charge in [-0.1, -0.05) is 60.2 Å². The highest BCUT2D eigenvalue weighted by molar-refractivity contribution is 7.88. The van der Waals surface area contributed by atoms with Crippen LogP contribution in [0.1, 0.15) is 22.7 Å². The van der Waals surface area contributed by atoms with Gasteiger partial charge in [0.05, 0.1) is 6.26 Å². The lowest BCUT2D eigenvalue weighted by molar-refractivity contribution is -0.124. The van der Waals surface area contributed by atoms with Gasteiger partial charge < -0.3 is 5.32 Å². The number of amides is 1. The van der Waals surface area contributed by atoms with Crippen LogP contribution in [-0.2, 0) is 21.4 Å². The molecule has 0 bridgehead atoms. The van der Waals surface area contributed by atoms with E-state index in [2.05, 4.69) is 5.32 Å². The molecule has 1 atom stereocenters. The molecule has 2 aromatic rings. The van der Waals surface area contributed by atoms with Crippen molar-refractivity contribution in [2.24, 2.45) is 0 Å². The standard InChI is InChI=1S/C18H22N2O3S/c1-14-8-7-9-15(12-14)13-19-18(21)17(20(2)24(3,22)23)16-10-5-4-6-11-16/h4-12,17H,13H2,1-3H3,(H,19,21). The number of carbonyl (C=O) groups is 1. The lowest BCUT2D eigenvalue weighted by Crippen LogP contribution is -2.41. The fourth-order valence-corrected chi connectivity index (χ4v) is 3.06. The molecule has 0 aliphatic rings. The molecule has 1 unspecified atom stereocenters. The minimum Gasteiger partial charge on any atom is -0.350 e. The SMILES string of the molecule is Cc1cccc(CNC(=O)C(c2ccccc2)N(C)S(C)(=O)=O)c1. The van der Waals surface area contributed by atoms with E-state index in [4.69, 9.17) is 0 Å². The summed E-state index contributed by atoms with van der Waals surface area (Å²) in [6, 6.07) is 15.8. The maximum Gasteiger partial charge on any atom is 0.243 e.